The minimum atomic E-state index is 0.339. The zero-order valence-corrected chi connectivity index (χ0v) is 10.8. The van der Waals surface area contributed by atoms with Gasteiger partial charge in [0.1, 0.15) is 0 Å². The molecular weight excluding hydrogens is 230 g/mol. The Labute approximate surface area is 107 Å². The Balaban J connectivity index is 1.58. The molecule has 3 heterocycles. The van der Waals surface area contributed by atoms with Crippen molar-refractivity contribution in [3.8, 4) is 0 Å². The van der Waals surface area contributed by atoms with Gasteiger partial charge in [-0.15, -0.1) is 0 Å². The molecule has 0 saturated carbocycles. The van der Waals surface area contributed by atoms with Gasteiger partial charge in [-0.2, -0.15) is 4.98 Å². The number of likely N-dealkylation sites (tertiary alicyclic amines) is 1. The lowest BCUT2D eigenvalue weighted by Crippen LogP contribution is -2.24. The molecule has 2 aliphatic heterocycles. The lowest BCUT2D eigenvalue weighted by molar-refractivity contribution is 0.192. The van der Waals surface area contributed by atoms with E-state index in [0.717, 1.165) is 51.0 Å². The predicted octanol–water partition coefficient (Wildman–Crippen LogP) is 1.95. The highest BCUT2D eigenvalue weighted by molar-refractivity contribution is 4.97. The van der Waals surface area contributed by atoms with Crippen LogP contribution in [0.5, 0.6) is 0 Å². The van der Waals surface area contributed by atoms with Crippen LogP contribution in [0.15, 0.2) is 4.52 Å². The van der Waals surface area contributed by atoms with Crippen LogP contribution < -0.4 is 0 Å². The summed E-state index contributed by atoms with van der Waals surface area (Å²) in [5.41, 5.74) is 0. The van der Waals surface area contributed by atoms with Crippen LogP contribution >= 0.6 is 0 Å². The largest absolute Gasteiger partial charge is 0.381 e. The molecule has 0 aromatic carbocycles. The normalized spacial score (nSPS) is 26.3. The molecule has 1 aromatic heterocycles. The van der Waals surface area contributed by atoms with Gasteiger partial charge in [0.05, 0.1) is 13.2 Å². The molecule has 0 bridgehead atoms. The SMILES string of the molecule is C1CCCN(Cc2nc([C@H]3CCOC3)no2)CC1. The Hall–Kier alpha value is -0.940. The quantitative estimate of drug-likeness (QED) is 0.822. The number of aromatic nitrogens is 2. The van der Waals surface area contributed by atoms with Gasteiger partial charge in [0, 0.05) is 12.5 Å². The van der Waals surface area contributed by atoms with Crippen LogP contribution in [-0.2, 0) is 11.3 Å². The summed E-state index contributed by atoms with van der Waals surface area (Å²) in [7, 11) is 0. The van der Waals surface area contributed by atoms with E-state index in [0.29, 0.717) is 5.92 Å². The molecule has 2 saturated heterocycles. The third-order valence-corrected chi connectivity index (χ3v) is 3.84. The number of hydrogen-bond donors (Lipinski definition) is 0. The molecule has 18 heavy (non-hydrogen) atoms. The molecule has 2 aliphatic rings. The molecular formula is C13H21N3O2. The lowest BCUT2D eigenvalue weighted by atomic mass is 10.1. The van der Waals surface area contributed by atoms with Crippen molar-refractivity contribution >= 4 is 0 Å². The van der Waals surface area contributed by atoms with Crippen molar-refractivity contribution in [3.63, 3.8) is 0 Å². The van der Waals surface area contributed by atoms with Crippen LogP contribution in [0.25, 0.3) is 0 Å². The van der Waals surface area contributed by atoms with Crippen LogP contribution in [0.3, 0.4) is 0 Å². The van der Waals surface area contributed by atoms with Crippen molar-refractivity contribution in [1.82, 2.24) is 15.0 Å². The molecule has 0 unspecified atom stereocenters. The van der Waals surface area contributed by atoms with E-state index in [2.05, 4.69) is 15.0 Å². The topological polar surface area (TPSA) is 51.4 Å². The van der Waals surface area contributed by atoms with Crippen LogP contribution in [0.1, 0.15) is 49.7 Å². The van der Waals surface area contributed by atoms with Gasteiger partial charge >= 0.3 is 0 Å². The van der Waals surface area contributed by atoms with E-state index in [-0.39, 0.29) is 0 Å². The second-order valence-electron chi connectivity index (χ2n) is 5.30. The van der Waals surface area contributed by atoms with Gasteiger partial charge in [-0.1, -0.05) is 18.0 Å². The Morgan fingerprint density at radius 1 is 1.17 bits per heavy atom. The Bertz CT molecular complexity index is 366. The van der Waals surface area contributed by atoms with Crippen LogP contribution in [0.4, 0.5) is 0 Å². The second kappa shape index (κ2) is 5.80. The third-order valence-electron chi connectivity index (χ3n) is 3.84. The number of ether oxygens (including phenoxy) is 1. The molecule has 2 fully saturated rings. The minimum absolute atomic E-state index is 0.339. The smallest absolute Gasteiger partial charge is 0.240 e. The highest BCUT2D eigenvalue weighted by atomic mass is 16.5. The number of rotatable bonds is 3. The Morgan fingerprint density at radius 2 is 2.00 bits per heavy atom. The highest BCUT2D eigenvalue weighted by Gasteiger charge is 2.23. The highest BCUT2D eigenvalue weighted by Crippen LogP contribution is 2.22. The first-order valence-corrected chi connectivity index (χ1v) is 7.04. The molecule has 1 atom stereocenters. The maximum absolute atomic E-state index is 5.36. The molecule has 5 nitrogen and oxygen atoms in total. The number of nitrogens with zero attached hydrogens (tertiary/aromatic N) is 3. The first kappa shape index (κ1) is 12.1. The van der Waals surface area contributed by atoms with E-state index in [1.807, 2.05) is 0 Å². The number of hydrogen-bond acceptors (Lipinski definition) is 5. The summed E-state index contributed by atoms with van der Waals surface area (Å²) < 4.78 is 10.7. The first-order chi connectivity index (χ1) is 8.92. The van der Waals surface area contributed by atoms with E-state index in [1.165, 1.54) is 25.7 Å². The summed E-state index contributed by atoms with van der Waals surface area (Å²) >= 11 is 0. The molecule has 3 rings (SSSR count). The molecule has 1 aromatic rings. The fourth-order valence-electron chi connectivity index (χ4n) is 2.72. The van der Waals surface area contributed by atoms with Gasteiger partial charge in [-0.25, -0.2) is 0 Å². The molecule has 0 spiro atoms. The molecule has 0 aliphatic carbocycles. The second-order valence-corrected chi connectivity index (χ2v) is 5.30. The van der Waals surface area contributed by atoms with Gasteiger partial charge in [-0.3, -0.25) is 4.90 Å². The maximum Gasteiger partial charge on any atom is 0.240 e. The minimum Gasteiger partial charge on any atom is -0.381 e. The van der Waals surface area contributed by atoms with E-state index in [1.54, 1.807) is 0 Å². The first-order valence-electron chi connectivity index (χ1n) is 7.04. The fourth-order valence-corrected chi connectivity index (χ4v) is 2.72. The van der Waals surface area contributed by atoms with E-state index in [9.17, 15) is 0 Å². The Kier molecular flexibility index (Phi) is 3.90. The summed E-state index contributed by atoms with van der Waals surface area (Å²) in [6, 6.07) is 0. The van der Waals surface area contributed by atoms with Crippen molar-refractivity contribution in [3.05, 3.63) is 11.7 Å². The molecule has 0 radical (unpaired) electrons. The van der Waals surface area contributed by atoms with Crippen LogP contribution in [0, 0.1) is 0 Å². The van der Waals surface area contributed by atoms with Crippen molar-refractivity contribution in [1.29, 1.82) is 0 Å². The lowest BCUT2D eigenvalue weighted by Gasteiger charge is -2.16. The zero-order chi connectivity index (χ0) is 12.2. The third kappa shape index (κ3) is 2.90. The summed E-state index contributed by atoms with van der Waals surface area (Å²) in [6.45, 7) is 4.68. The zero-order valence-electron chi connectivity index (χ0n) is 10.8. The van der Waals surface area contributed by atoms with Crippen molar-refractivity contribution in [2.45, 2.75) is 44.6 Å². The van der Waals surface area contributed by atoms with E-state index < -0.39 is 0 Å². The van der Waals surface area contributed by atoms with Gasteiger partial charge in [0.25, 0.3) is 0 Å². The predicted molar refractivity (Wildman–Crippen MR) is 66.2 cm³/mol. The summed E-state index contributed by atoms with van der Waals surface area (Å²) in [5.74, 6) is 1.93. The molecule has 0 amide bonds. The van der Waals surface area contributed by atoms with Crippen LogP contribution in [0.2, 0.25) is 0 Å². The van der Waals surface area contributed by atoms with Gasteiger partial charge in [0.2, 0.25) is 5.89 Å². The summed E-state index contributed by atoms with van der Waals surface area (Å²) in [6.07, 6.45) is 6.30. The van der Waals surface area contributed by atoms with E-state index >= 15 is 0 Å². The monoisotopic (exact) mass is 251 g/mol. The van der Waals surface area contributed by atoms with Gasteiger partial charge in [-0.05, 0) is 32.4 Å². The fraction of sp³-hybridized carbons (Fsp3) is 0.846. The molecule has 100 valence electrons. The van der Waals surface area contributed by atoms with Gasteiger partial charge in [0.15, 0.2) is 5.82 Å². The van der Waals surface area contributed by atoms with Crippen LogP contribution in [-0.4, -0.2) is 41.3 Å². The standard InChI is InChI=1S/C13H21N3O2/c1-2-4-7-16(6-3-1)9-12-14-13(15-18-12)11-5-8-17-10-11/h11H,1-10H2/t11-/m0/s1. The van der Waals surface area contributed by atoms with Gasteiger partial charge < -0.3 is 9.26 Å². The summed E-state index contributed by atoms with van der Waals surface area (Å²) in [5, 5.41) is 4.09. The average molecular weight is 251 g/mol. The Morgan fingerprint density at radius 3 is 2.72 bits per heavy atom. The van der Waals surface area contributed by atoms with Crippen molar-refractivity contribution < 1.29 is 9.26 Å². The van der Waals surface area contributed by atoms with E-state index in [4.69, 9.17) is 9.26 Å². The maximum atomic E-state index is 5.36. The van der Waals surface area contributed by atoms with Crippen molar-refractivity contribution in [2.24, 2.45) is 0 Å². The molecule has 0 N–H and O–H groups in total. The van der Waals surface area contributed by atoms with Crippen molar-refractivity contribution in [2.75, 3.05) is 26.3 Å². The summed E-state index contributed by atoms with van der Waals surface area (Å²) in [4.78, 5) is 6.94. The average Bonchev–Trinajstić information content (AvgIpc) is 2.98. The molecule has 5 heteroatoms.